The first-order valence-corrected chi connectivity index (χ1v) is 14.4. The van der Waals surface area contributed by atoms with Crippen LogP contribution in [0.15, 0.2) is 76.6 Å². The summed E-state index contributed by atoms with van der Waals surface area (Å²) in [6.07, 6.45) is -6.61. The minimum Gasteiger partial charge on any atom is -0.480 e. The average Bonchev–Trinajstić information content (AvgIpc) is 2.96. The number of halogens is 3. The van der Waals surface area contributed by atoms with Crippen molar-refractivity contribution in [2.45, 2.75) is 29.8 Å². The predicted molar refractivity (Wildman–Crippen MR) is 151 cm³/mol. The fourth-order valence-electron chi connectivity index (χ4n) is 5.39. The number of alkyl halides is 3. The number of fused-ring (bicyclic) bond motifs is 2. The van der Waals surface area contributed by atoms with E-state index in [0.29, 0.717) is 20.5 Å². The van der Waals surface area contributed by atoms with Crippen molar-refractivity contribution >= 4 is 32.5 Å². The van der Waals surface area contributed by atoms with Crippen molar-refractivity contribution in [3.05, 3.63) is 93.8 Å². The Bertz CT molecular complexity index is 1900. The molecule has 0 spiro atoms. The van der Waals surface area contributed by atoms with Gasteiger partial charge in [0.2, 0.25) is 0 Å². The number of benzene rings is 3. The fourth-order valence-corrected chi connectivity index (χ4v) is 7.30. The van der Waals surface area contributed by atoms with Crippen LogP contribution in [0.1, 0.15) is 22.7 Å². The van der Waals surface area contributed by atoms with Gasteiger partial charge in [0.1, 0.15) is 11.7 Å². The summed E-state index contributed by atoms with van der Waals surface area (Å²) in [5.74, 6) is -1.61. The normalized spacial score (nSPS) is 17.5. The number of carboxylic acids is 1. The number of aliphatic carboxylic acids is 1. The molecule has 2 heterocycles. The van der Waals surface area contributed by atoms with E-state index >= 15 is 0 Å². The summed E-state index contributed by atoms with van der Waals surface area (Å²) in [6, 6.07) is 14.4. The van der Waals surface area contributed by atoms with Crippen LogP contribution in [0, 0.1) is 0 Å². The summed E-state index contributed by atoms with van der Waals surface area (Å²) >= 11 is 0. The number of nitrogens with two attached hydrogens (primary N) is 1. The molecule has 0 bridgehead atoms. The van der Waals surface area contributed by atoms with Crippen molar-refractivity contribution in [2.75, 3.05) is 25.4 Å². The van der Waals surface area contributed by atoms with Crippen molar-refractivity contribution in [3.63, 3.8) is 0 Å². The first kappa shape index (κ1) is 30.2. The number of hydrogen-bond acceptors (Lipinski definition) is 7. The van der Waals surface area contributed by atoms with Crippen molar-refractivity contribution < 1.29 is 41.7 Å². The number of β-amino-alcohol motifs (C(OH)–C–C–N with tert-alkyl or cyclic N) is 1. The SMILES string of the molecule is Nc1c(Cc2cccc3ccccc23)c(-c2cccc(C(F)(F)F)c2)c2n(c1=O)C(C(=O)O)CN(C[C@@H](O)CO)S2(=O)=O. The summed E-state index contributed by atoms with van der Waals surface area (Å²) in [6.45, 7) is -2.39. The summed E-state index contributed by atoms with van der Waals surface area (Å²) < 4.78 is 70.7. The molecule has 226 valence electrons. The van der Waals surface area contributed by atoms with Crippen LogP contribution in [0.25, 0.3) is 21.9 Å². The van der Waals surface area contributed by atoms with Gasteiger partial charge in [0.25, 0.3) is 15.6 Å². The maximum atomic E-state index is 14.1. The van der Waals surface area contributed by atoms with Gasteiger partial charge >= 0.3 is 12.1 Å². The number of aliphatic hydroxyl groups is 2. The Kier molecular flexibility index (Phi) is 7.81. The standard InChI is InChI=1S/C29H26F3N3O7S/c30-29(31,32)19-9-4-8-18(11-19)24-22(12-17-7-3-6-16-5-1-2-10-21(16)17)25(33)26(38)35-23(28(39)40)14-34(13-20(37)15-36)43(41,42)27(24)35/h1-11,20,23,36-37H,12-15,33H2,(H,39,40)/t20-,23?/m1/s1. The van der Waals surface area contributed by atoms with E-state index in [2.05, 4.69) is 0 Å². The molecule has 5 rings (SSSR count). The molecule has 4 aromatic rings. The molecule has 0 amide bonds. The number of aliphatic hydroxyl groups excluding tert-OH is 2. The highest BCUT2D eigenvalue weighted by atomic mass is 32.2. The van der Waals surface area contributed by atoms with Crippen LogP contribution in [0.5, 0.6) is 0 Å². The zero-order valence-corrected chi connectivity index (χ0v) is 23.1. The highest BCUT2D eigenvalue weighted by molar-refractivity contribution is 7.89. The average molecular weight is 618 g/mol. The first-order valence-electron chi connectivity index (χ1n) is 13.0. The lowest BCUT2D eigenvalue weighted by molar-refractivity contribution is -0.142. The van der Waals surface area contributed by atoms with Crippen LogP contribution in [0.2, 0.25) is 0 Å². The van der Waals surface area contributed by atoms with Crippen molar-refractivity contribution in [3.8, 4) is 11.1 Å². The highest BCUT2D eigenvalue weighted by Crippen LogP contribution is 2.41. The Hall–Kier alpha value is -4.24. The largest absolute Gasteiger partial charge is 0.480 e. The lowest BCUT2D eigenvalue weighted by atomic mass is 9.92. The number of sulfonamides is 1. The molecule has 2 atom stereocenters. The second-order valence-electron chi connectivity index (χ2n) is 10.2. The van der Waals surface area contributed by atoms with Crippen LogP contribution in [0.4, 0.5) is 18.9 Å². The number of hydrogen-bond donors (Lipinski definition) is 4. The van der Waals surface area contributed by atoms with Crippen LogP contribution in [-0.4, -0.2) is 64.4 Å². The molecule has 0 radical (unpaired) electrons. The third kappa shape index (κ3) is 5.38. The van der Waals surface area contributed by atoms with E-state index < -0.39 is 75.8 Å². The monoisotopic (exact) mass is 617 g/mol. The molecule has 0 fully saturated rings. The third-order valence-corrected chi connectivity index (χ3v) is 9.28. The maximum absolute atomic E-state index is 14.1. The fraction of sp³-hybridized carbons (Fsp3) is 0.241. The molecule has 0 saturated heterocycles. The molecule has 14 heteroatoms. The number of nitrogen functional groups attached to an aromatic ring is 1. The van der Waals surface area contributed by atoms with Gasteiger partial charge < -0.3 is 21.1 Å². The zero-order chi connectivity index (χ0) is 31.3. The molecule has 1 aromatic heterocycles. The van der Waals surface area contributed by atoms with E-state index in [1.165, 1.54) is 6.07 Å². The molecule has 1 aliphatic heterocycles. The predicted octanol–water partition coefficient (Wildman–Crippen LogP) is 2.84. The van der Waals surface area contributed by atoms with Gasteiger partial charge in [-0.15, -0.1) is 0 Å². The quantitative estimate of drug-likeness (QED) is 0.246. The van der Waals surface area contributed by atoms with Crippen LogP contribution >= 0.6 is 0 Å². The summed E-state index contributed by atoms with van der Waals surface area (Å²) in [7, 11) is -4.85. The Morgan fingerprint density at radius 2 is 1.74 bits per heavy atom. The number of anilines is 1. The smallest absolute Gasteiger partial charge is 0.416 e. The van der Waals surface area contributed by atoms with E-state index in [4.69, 9.17) is 5.73 Å². The van der Waals surface area contributed by atoms with E-state index in [0.717, 1.165) is 22.9 Å². The lowest BCUT2D eigenvalue weighted by Crippen LogP contribution is -2.52. The van der Waals surface area contributed by atoms with Crippen LogP contribution in [0.3, 0.4) is 0 Å². The number of nitrogens with zero attached hydrogens (tertiary/aromatic N) is 2. The molecular weight excluding hydrogens is 591 g/mol. The van der Waals surface area contributed by atoms with Crippen LogP contribution < -0.4 is 11.3 Å². The van der Waals surface area contributed by atoms with E-state index in [-0.39, 0.29) is 23.1 Å². The number of rotatable bonds is 7. The van der Waals surface area contributed by atoms with Gasteiger partial charge in [-0.2, -0.15) is 17.5 Å². The highest BCUT2D eigenvalue weighted by Gasteiger charge is 2.45. The van der Waals surface area contributed by atoms with Crippen molar-refractivity contribution in [1.82, 2.24) is 8.87 Å². The molecule has 1 aliphatic rings. The van der Waals surface area contributed by atoms with Crippen molar-refractivity contribution in [1.29, 1.82) is 0 Å². The Balaban J connectivity index is 1.91. The van der Waals surface area contributed by atoms with Gasteiger partial charge in [-0.3, -0.25) is 9.36 Å². The molecule has 3 aromatic carbocycles. The topological polar surface area (TPSA) is 163 Å². The van der Waals surface area contributed by atoms with Crippen molar-refractivity contribution in [2.24, 2.45) is 0 Å². The third-order valence-electron chi connectivity index (χ3n) is 7.42. The summed E-state index contributed by atoms with van der Waals surface area (Å²) in [5.41, 5.74) is 3.39. The molecule has 43 heavy (non-hydrogen) atoms. The van der Waals surface area contributed by atoms with Gasteiger partial charge in [-0.05, 0) is 39.6 Å². The Morgan fingerprint density at radius 3 is 2.42 bits per heavy atom. The number of carboxylic acid groups (broad SMARTS) is 1. The van der Waals surface area contributed by atoms with Gasteiger partial charge in [-0.25, -0.2) is 13.2 Å². The molecule has 5 N–H and O–H groups in total. The molecular formula is C29H26F3N3O7S. The number of aromatic nitrogens is 1. The van der Waals surface area contributed by atoms with Gasteiger partial charge in [0.15, 0.2) is 5.03 Å². The van der Waals surface area contributed by atoms with Gasteiger partial charge in [0.05, 0.1) is 18.3 Å². The molecule has 1 unspecified atom stereocenters. The lowest BCUT2D eigenvalue weighted by Gasteiger charge is -2.36. The number of pyridine rings is 1. The zero-order valence-electron chi connectivity index (χ0n) is 22.3. The molecule has 10 nitrogen and oxygen atoms in total. The minimum atomic E-state index is -4.85. The van der Waals surface area contributed by atoms with E-state index in [1.807, 2.05) is 12.1 Å². The van der Waals surface area contributed by atoms with E-state index in [9.17, 15) is 46.5 Å². The molecule has 0 saturated carbocycles. The second-order valence-corrected chi connectivity index (χ2v) is 12.0. The summed E-state index contributed by atoms with van der Waals surface area (Å²) in [5, 5.41) is 30.1. The number of carbonyl (C=O) groups is 1. The molecule has 0 aliphatic carbocycles. The maximum Gasteiger partial charge on any atom is 0.416 e. The second kappa shape index (κ2) is 11.1. The Morgan fingerprint density at radius 1 is 1.07 bits per heavy atom. The van der Waals surface area contributed by atoms with Gasteiger partial charge in [0, 0.05) is 25.1 Å². The Labute approximate surface area is 243 Å². The minimum absolute atomic E-state index is 0.107. The first-order chi connectivity index (χ1) is 20.3. The van der Waals surface area contributed by atoms with Gasteiger partial charge in [-0.1, -0.05) is 54.6 Å². The van der Waals surface area contributed by atoms with E-state index in [1.54, 1.807) is 30.3 Å². The van der Waals surface area contributed by atoms with Crippen LogP contribution in [-0.2, 0) is 27.4 Å². The summed E-state index contributed by atoms with van der Waals surface area (Å²) in [4.78, 5) is 26.1.